The largest absolute Gasteiger partial charge is 0.261 e. The predicted octanol–water partition coefficient (Wildman–Crippen LogP) is 4.33. The van der Waals surface area contributed by atoms with Crippen molar-refractivity contribution in [2.24, 2.45) is 0 Å². The number of aromatic nitrogens is 1. The fourth-order valence-electron chi connectivity index (χ4n) is 1.34. The zero-order valence-corrected chi connectivity index (χ0v) is 10.4. The van der Waals surface area contributed by atoms with Crippen LogP contribution >= 0.6 is 11.6 Å². The molecule has 0 aliphatic heterocycles. The van der Waals surface area contributed by atoms with Crippen LogP contribution in [0.3, 0.4) is 0 Å². The minimum absolute atomic E-state index is 0.784. The molecule has 0 bridgehead atoms. The Bertz CT molecular complexity index is 391. The SMILES string of the molecule is CC(C)=C(/C=C(\C)Cl)c1ccc(C)nc1. The number of pyridine rings is 1. The number of aryl methyl sites for hydroxylation is 1. The van der Waals surface area contributed by atoms with Crippen LogP contribution < -0.4 is 0 Å². The molecule has 1 aromatic rings. The summed E-state index contributed by atoms with van der Waals surface area (Å²) in [6.07, 6.45) is 3.86. The Morgan fingerprint density at radius 2 is 1.93 bits per heavy atom. The van der Waals surface area contributed by atoms with E-state index in [9.17, 15) is 0 Å². The molecule has 0 aliphatic carbocycles. The first-order valence-corrected chi connectivity index (χ1v) is 5.33. The van der Waals surface area contributed by atoms with E-state index in [1.54, 1.807) is 0 Å². The van der Waals surface area contributed by atoms with Crippen LogP contribution in [0.1, 0.15) is 32.0 Å². The topological polar surface area (TPSA) is 12.9 Å². The van der Waals surface area contributed by atoms with Gasteiger partial charge in [0, 0.05) is 16.9 Å². The molecule has 0 unspecified atom stereocenters. The van der Waals surface area contributed by atoms with E-state index in [1.165, 1.54) is 5.57 Å². The normalized spacial score (nSPS) is 11.4. The summed E-state index contributed by atoms with van der Waals surface area (Å²) >= 11 is 5.90. The van der Waals surface area contributed by atoms with Crippen molar-refractivity contribution in [3.05, 3.63) is 46.3 Å². The summed E-state index contributed by atoms with van der Waals surface area (Å²) < 4.78 is 0. The maximum atomic E-state index is 5.90. The standard InChI is InChI=1S/C13H16ClN/c1-9(2)13(7-10(3)14)12-6-5-11(4)15-8-12/h5-8H,1-4H3/b10-7+. The smallest absolute Gasteiger partial charge is 0.0373 e. The fourth-order valence-corrected chi connectivity index (χ4v) is 1.45. The number of hydrogen-bond acceptors (Lipinski definition) is 1. The molecule has 2 heteroatoms. The van der Waals surface area contributed by atoms with Gasteiger partial charge in [-0.2, -0.15) is 0 Å². The van der Waals surface area contributed by atoms with Gasteiger partial charge in [0.15, 0.2) is 0 Å². The van der Waals surface area contributed by atoms with Crippen LogP contribution in [0.5, 0.6) is 0 Å². The summed E-state index contributed by atoms with van der Waals surface area (Å²) in [6, 6.07) is 4.08. The molecule has 0 amide bonds. The number of rotatable bonds is 2. The molecule has 0 saturated carbocycles. The van der Waals surface area contributed by atoms with Crippen molar-refractivity contribution < 1.29 is 0 Å². The number of hydrogen-bond donors (Lipinski definition) is 0. The van der Waals surface area contributed by atoms with Crippen molar-refractivity contribution >= 4 is 17.2 Å². The van der Waals surface area contributed by atoms with Crippen LogP contribution in [0.2, 0.25) is 0 Å². The molecule has 15 heavy (non-hydrogen) atoms. The lowest BCUT2D eigenvalue weighted by atomic mass is 10.0. The van der Waals surface area contributed by atoms with Gasteiger partial charge in [-0.05, 0) is 51.0 Å². The zero-order chi connectivity index (χ0) is 11.4. The molecule has 1 rings (SSSR count). The van der Waals surface area contributed by atoms with E-state index in [2.05, 4.69) is 24.9 Å². The molecule has 1 aromatic heterocycles. The molecule has 0 radical (unpaired) electrons. The molecule has 0 N–H and O–H groups in total. The van der Waals surface area contributed by atoms with Crippen LogP contribution in [0.15, 0.2) is 35.0 Å². The maximum Gasteiger partial charge on any atom is 0.0373 e. The zero-order valence-electron chi connectivity index (χ0n) is 9.63. The highest BCUT2D eigenvalue weighted by atomic mass is 35.5. The Morgan fingerprint density at radius 1 is 1.27 bits per heavy atom. The van der Waals surface area contributed by atoms with Crippen LogP contribution in [-0.4, -0.2) is 4.98 Å². The van der Waals surface area contributed by atoms with Crippen LogP contribution in [0.4, 0.5) is 0 Å². The first-order valence-electron chi connectivity index (χ1n) is 4.95. The van der Waals surface area contributed by atoms with Gasteiger partial charge in [0.1, 0.15) is 0 Å². The van der Waals surface area contributed by atoms with Crippen molar-refractivity contribution in [1.29, 1.82) is 0 Å². The summed E-state index contributed by atoms with van der Waals surface area (Å²) in [6.45, 7) is 8.01. The van der Waals surface area contributed by atoms with Crippen molar-refractivity contribution in [3.63, 3.8) is 0 Å². The highest BCUT2D eigenvalue weighted by molar-refractivity contribution is 6.29. The second-order valence-electron chi connectivity index (χ2n) is 3.83. The number of halogens is 1. The Hall–Kier alpha value is -1.08. The van der Waals surface area contributed by atoms with Gasteiger partial charge < -0.3 is 0 Å². The van der Waals surface area contributed by atoms with Crippen molar-refractivity contribution in [1.82, 2.24) is 4.98 Å². The fraction of sp³-hybridized carbons (Fsp3) is 0.308. The lowest BCUT2D eigenvalue weighted by molar-refractivity contribution is 1.19. The van der Waals surface area contributed by atoms with Crippen molar-refractivity contribution in [3.8, 4) is 0 Å². The van der Waals surface area contributed by atoms with E-state index in [1.807, 2.05) is 32.2 Å². The van der Waals surface area contributed by atoms with Gasteiger partial charge in [0.25, 0.3) is 0 Å². The average Bonchev–Trinajstić information content (AvgIpc) is 2.15. The minimum atomic E-state index is 0.784. The number of allylic oxidation sites excluding steroid dienone is 4. The molecule has 0 atom stereocenters. The Kier molecular flexibility index (Phi) is 4.10. The molecule has 80 valence electrons. The third-order valence-corrected chi connectivity index (χ3v) is 2.21. The Labute approximate surface area is 96.5 Å². The minimum Gasteiger partial charge on any atom is -0.261 e. The summed E-state index contributed by atoms with van der Waals surface area (Å²) in [4.78, 5) is 4.28. The quantitative estimate of drug-likeness (QED) is 0.678. The highest BCUT2D eigenvalue weighted by Crippen LogP contribution is 2.22. The van der Waals surface area contributed by atoms with Gasteiger partial charge >= 0.3 is 0 Å². The summed E-state index contributed by atoms with van der Waals surface area (Å²) in [5.41, 5.74) is 4.52. The molecular formula is C13H16ClN. The summed E-state index contributed by atoms with van der Waals surface area (Å²) in [5.74, 6) is 0. The Balaban J connectivity index is 3.18. The molecule has 1 heterocycles. The third-order valence-electron chi connectivity index (χ3n) is 2.10. The van der Waals surface area contributed by atoms with Crippen molar-refractivity contribution in [2.45, 2.75) is 27.7 Å². The van der Waals surface area contributed by atoms with Gasteiger partial charge in [-0.25, -0.2) is 0 Å². The summed E-state index contributed by atoms with van der Waals surface area (Å²) in [7, 11) is 0. The van der Waals surface area contributed by atoms with Gasteiger partial charge in [-0.1, -0.05) is 23.2 Å². The van der Waals surface area contributed by atoms with E-state index in [0.717, 1.165) is 21.9 Å². The van der Waals surface area contributed by atoms with E-state index < -0.39 is 0 Å². The van der Waals surface area contributed by atoms with E-state index in [4.69, 9.17) is 11.6 Å². The van der Waals surface area contributed by atoms with Crippen molar-refractivity contribution in [2.75, 3.05) is 0 Å². The molecule has 0 saturated heterocycles. The lowest BCUT2D eigenvalue weighted by Crippen LogP contribution is -1.88. The number of nitrogens with zero attached hydrogens (tertiary/aromatic N) is 1. The van der Waals surface area contributed by atoms with E-state index in [-0.39, 0.29) is 0 Å². The summed E-state index contributed by atoms with van der Waals surface area (Å²) in [5, 5.41) is 0.784. The van der Waals surface area contributed by atoms with Crippen LogP contribution in [-0.2, 0) is 0 Å². The first kappa shape index (κ1) is 12.0. The van der Waals surface area contributed by atoms with Gasteiger partial charge in [0.05, 0.1) is 0 Å². The Morgan fingerprint density at radius 3 is 2.33 bits per heavy atom. The monoisotopic (exact) mass is 221 g/mol. The predicted molar refractivity (Wildman–Crippen MR) is 66.9 cm³/mol. The van der Waals surface area contributed by atoms with Crippen LogP contribution in [0, 0.1) is 6.92 Å². The molecule has 1 nitrogen and oxygen atoms in total. The van der Waals surface area contributed by atoms with Gasteiger partial charge in [-0.15, -0.1) is 0 Å². The molecule has 0 spiro atoms. The highest BCUT2D eigenvalue weighted by Gasteiger charge is 2.01. The van der Waals surface area contributed by atoms with E-state index >= 15 is 0 Å². The second-order valence-corrected chi connectivity index (χ2v) is 4.43. The van der Waals surface area contributed by atoms with Crippen LogP contribution in [0.25, 0.3) is 5.57 Å². The molecule has 0 aliphatic rings. The van der Waals surface area contributed by atoms with E-state index in [0.29, 0.717) is 0 Å². The average molecular weight is 222 g/mol. The molecule has 0 aromatic carbocycles. The first-order chi connectivity index (χ1) is 7.00. The second kappa shape index (κ2) is 5.13. The maximum absolute atomic E-state index is 5.90. The van der Waals surface area contributed by atoms with Gasteiger partial charge in [0.2, 0.25) is 0 Å². The lowest BCUT2D eigenvalue weighted by Gasteiger charge is -2.06. The molecule has 0 fully saturated rings. The van der Waals surface area contributed by atoms with Gasteiger partial charge in [-0.3, -0.25) is 4.98 Å². The third kappa shape index (κ3) is 3.52. The molecular weight excluding hydrogens is 206 g/mol.